The standard InChI is InChI=1S/C40H28N2/c1-3-11-25(12-4-1)37-29-15-7-9-17-35(29)41-39-31(37)21-19-27-24-34-28(23-33(27)39)20-22-32-38(26-13-5-2-6-14-26)30-16-8-10-18-36(30)42-40(32)34/h1-18,23-24H,19-22H2. The van der Waals surface area contributed by atoms with Crippen LogP contribution < -0.4 is 0 Å². The fourth-order valence-electron chi connectivity index (χ4n) is 7.37. The van der Waals surface area contributed by atoms with Crippen molar-refractivity contribution in [1.82, 2.24) is 9.97 Å². The van der Waals surface area contributed by atoms with Gasteiger partial charge in [-0.05, 0) is 94.5 Å². The summed E-state index contributed by atoms with van der Waals surface area (Å²) in [7, 11) is 0. The molecule has 198 valence electrons. The van der Waals surface area contributed by atoms with Crippen molar-refractivity contribution in [2.75, 3.05) is 0 Å². The molecule has 0 spiro atoms. The van der Waals surface area contributed by atoms with Crippen molar-refractivity contribution < 1.29 is 0 Å². The number of para-hydroxylation sites is 2. The van der Waals surface area contributed by atoms with E-state index in [4.69, 9.17) is 9.97 Å². The number of hydrogen-bond acceptors (Lipinski definition) is 2. The maximum atomic E-state index is 5.32. The average molecular weight is 537 g/mol. The second-order valence-electron chi connectivity index (χ2n) is 11.6. The van der Waals surface area contributed by atoms with Gasteiger partial charge in [0.15, 0.2) is 0 Å². The smallest absolute Gasteiger partial charge is 0.0750 e. The molecule has 7 aromatic rings. The van der Waals surface area contributed by atoms with Crippen LogP contribution in [0.3, 0.4) is 0 Å². The van der Waals surface area contributed by atoms with E-state index in [1.54, 1.807) is 0 Å². The molecule has 0 atom stereocenters. The van der Waals surface area contributed by atoms with Gasteiger partial charge in [-0.3, -0.25) is 0 Å². The van der Waals surface area contributed by atoms with Crippen LogP contribution in [0.2, 0.25) is 0 Å². The summed E-state index contributed by atoms with van der Waals surface area (Å²) in [5.41, 5.74) is 17.7. The minimum atomic E-state index is 0.983. The second kappa shape index (κ2) is 9.22. The Morgan fingerprint density at radius 2 is 0.810 bits per heavy atom. The SMILES string of the molecule is c1ccc(-c2c3c(nc4ccccc24)-c2cc4c(cc2CC3)-c2nc3ccccc3c(-c3ccccc3)c2CC4)cc1. The van der Waals surface area contributed by atoms with Crippen LogP contribution in [0.25, 0.3) is 66.6 Å². The number of benzene rings is 5. The van der Waals surface area contributed by atoms with Crippen LogP contribution in [-0.2, 0) is 25.7 Å². The molecule has 2 aliphatic rings. The lowest BCUT2D eigenvalue weighted by molar-refractivity contribution is 0.908. The molecule has 42 heavy (non-hydrogen) atoms. The second-order valence-corrected chi connectivity index (χ2v) is 11.6. The molecule has 0 amide bonds. The van der Waals surface area contributed by atoms with E-state index >= 15 is 0 Å². The van der Waals surface area contributed by atoms with Gasteiger partial charge < -0.3 is 0 Å². The zero-order valence-electron chi connectivity index (χ0n) is 23.3. The van der Waals surface area contributed by atoms with Gasteiger partial charge in [-0.15, -0.1) is 0 Å². The lowest BCUT2D eigenvalue weighted by Gasteiger charge is -2.28. The van der Waals surface area contributed by atoms with Crippen molar-refractivity contribution >= 4 is 21.8 Å². The van der Waals surface area contributed by atoms with E-state index in [1.165, 1.54) is 66.4 Å². The van der Waals surface area contributed by atoms with Crippen LogP contribution in [-0.4, -0.2) is 9.97 Å². The predicted octanol–water partition coefficient (Wildman–Crippen LogP) is 9.65. The van der Waals surface area contributed by atoms with Gasteiger partial charge in [-0.25, -0.2) is 9.97 Å². The van der Waals surface area contributed by atoms with Crippen LogP contribution >= 0.6 is 0 Å². The normalized spacial score (nSPS) is 13.3. The summed E-state index contributed by atoms with van der Waals surface area (Å²) in [5, 5.41) is 2.48. The zero-order chi connectivity index (χ0) is 27.6. The van der Waals surface area contributed by atoms with E-state index in [0.717, 1.165) is 48.1 Å². The highest BCUT2D eigenvalue weighted by atomic mass is 14.7. The monoisotopic (exact) mass is 536 g/mol. The summed E-state index contributed by atoms with van der Waals surface area (Å²) in [6, 6.07) is 43.8. The molecule has 0 bridgehead atoms. The van der Waals surface area contributed by atoms with Crippen LogP contribution in [0, 0.1) is 0 Å². The molecule has 2 aromatic heterocycles. The molecular weight excluding hydrogens is 508 g/mol. The van der Waals surface area contributed by atoms with E-state index < -0.39 is 0 Å². The Balaban J connectivity index is 1.28. The van der Waals surface area contributed by atoms with Gasteiger partial charge in [0.05, 0.1) is 22.4 Å². The Kier molecular flexibility index (Phi) is 5.18. The zero-order valence-corrected chi connectivity index (χ0v) is 23.3. The van der Waals surface area contributed by atoms with Crippen molar-refractivity contribution in [2.24, 2.45) is 0 Å². The molecule has 2 nitrogen and oxygen atoms in total. The lowest BCUT2D eigenvalue weighted by atomic mass is 9.78. The average Bonchev–Trinajstić information content (AvgIpc) is 3.06. The van der Waals surface area contributed by atoms with Gasteiger partial charge in [0.25, 0.3) is 0 Å². The van der Waals surface area contributed by atoms with E-state index in [-0.39, 0.29) is 0 Å². The van der Waals surface area contributed by atoms with Crippen LogP contribution in [0.15, 0.2) is 121 Å². The van der Waals surface area contributed by atoms with Gasteiger partial charge in [0, 0.05) is 21.9 Å². The van der Waals surface area contributed by atoms with Gasteiger partial charge in [-0.1, -0.05) is 97.1 Å². The summed E-state index contributed by atoms with van der Waals surface area (Å²) in [5.74, 6) is 0. The molecule has 0 aliphatic heterocycles. The maximum Gasteiger partial charge on any atom is 0.0750 e. The number of aromatic nitrogens is 2. The van der Waals surface area contributed by atoms with Crippen molar-refractivity contribution in [3.63, 3.8) is 0 Å². The fraction of sp³-hybridized carbons (Fsp3) is 0.100. The number of aryl methyl sites for hydroxylation is 2. The molecule has 0 fully saturated rings. The topological polar surface area (TPSA) is 25.8 Å². The quantitative estimate of drug-likeness (QED) is 0.220. The molecule has 2 heterocycles. The third kappa shape index (κ3) is 3.51. The summed E-state index contributed by atoms with van der Waals surface area (Å²) >= 11 is 0. The molecule has 2 heteroatoms. The van der Waals surface area contributed by atoms with E-state index in [2.05, 4.69) is 121 Å². The predicted molar refractivity (Wildman–Crippen MR) is 174 cm³/mol. The lowest BCUT2D eigenvalue weighted by Crippen LogP contribution is -2.13. The molecule has 0 saturated heterocycles. The third-order valence-electron chi connectivity index (χ3n) is 9.24. The Morgan fingerprint density at radius 1 is 0.405 bits per heavy atom. The Bertz CT molecular complexity index is 2020. The molecule has 0 saturated carbocycles. The van der Waals surface area contributed by atoms with Crippen LogP contribution in [0.5, 0.6) is 0 Å². The first-order valence-corrected chi connectivity index (χ1v) is 14.9. The highest BCUT2D eigenvalue weighted by Gasteiger charge is 2.28. The van der Waals surface area contributed by atoms with Crippen LogP contribution in [0.4, 0.5) is 0 Å². The molecule has 0 N–H and O–H groups in total. The van der Waals surface area contributed by atoms with E-state index in [1.807, 2.05) is 0 Å². The number of nitrogens with zero attached hydrogens (tertiary/aromatic N) is 2. The first-order chi connectivity index (χ1) is 20.8. The Labute approximate surface area is 245 Å². The van der Waals surface area contributed by atoms with E-state index in [9.17, 15) is 0 Å². The molecule has 0 radical (unpaired) electrons. The number of rotatable bonds is 2. The highest BCUT2D eigenvalue weighted by molar-refractivity contribution is 6.02. The third-order valence-corrected chi connectivity index (χ3v) is 9.24. The van der Waals surface area contributed by atoms with Crippen molar-refractivity contribution in [3.05, 3.63) is 144 Å². The van der Waals surface area contributed by atoms with Gasteiger partial charge >= 0.3 is 0 Å². The summed E-state index contributed by atoms with van der Waals surface area (Å²) in [4.78, 5) is 10.6. The van der Waals surface area contributed by atoms with Crippen molar-refractivity contribution in [3.8, 4) is 44.8 Å². The van der Waals surface area contributed by atoms with Crippen molar-refractivity contribution in [2.45, 2.75) is 25.7 Å². The van der Waals surface area contributed by atoms with Crippen LogP contribution in [0.1, 0.15) is 22.3 Å². The molecule has 9 rings (SSSR count). The minimum Gasteiger partial charge on any atom is -0.247 e. The largest absolute Gasteiger partial charge is 0.247 e. The first kappa shape index (κ1) is 23.6. The minimum absolute atomic E-state index is 0.983. The first-order valence-electron chi connectivity index (χ1n) is 14.9. The Morgan fingerprint density at radius 3 is 1.26 bits per heavy atom. The maximum absolute atomic E-state index is 5.32. The number of pyridine rings is 2. The summed E-state index contributed by atoms with van der Waals surface area (Å²) < 4.78 is 0. The molecule has 2 aliphatic carbocycles. The Hall–Kier alpha value is -5.08. The summed E-state index contributed by atoms with van der Waals surface area (Å²) in [6.45, 7) is 0. The van der Waals surface area contributed by atoms with Crippen molar-refractivity contribution in [1.29, 1.82) is 0 Å². The van der Waals surface area contributed by atoms with Gasteiger partial charge in [0.2, 0.25) is 0 Å². The highest BCUT2D eigenvalue weighted by Crippen LogP contribution is 2.46. The molecule has 0 unspecified atom stereocenters. The van der Waals surface area contributed by atoms with E-state index in [0.29, 0.717) is 0 Å². The number of hydrogen-bond donors (Lipinski definition) is 0. The number of fused-ring (bicyclic) bond motifs is 8. The molecule has 5 aromatic carbocycles. The fourth-order valence-corrected chi connectivity index (χ4v) is 7.37. The summed E-state index contributed by atoms with van der Waals surface area (Å²) in [6.07, 6.45) is 3.97. The van der Waals surface area contributed by atoms with Gasteiger partial charge in [-0.2, -0.15) is 0 Å². The van der Waals surface area contributed by atoms with Gasteiger partial charge in [0.1, 0.15) is 0 Å². The molecular formula is C40H28N2.